The predicted octanol–water partition coefficient (Wildman–Crippen LogP) is 9.28. The van der Waals surface area contributed by atoms with Gasteiger partial charge in [-0.25, -0.2) is 0 Å². The highest BCUT2D eigenvalue weighted by Gasteiger charge is 2.14. The van der Waals surface area contributed by atoms with Gasteiger partial charge < -0.3 is 9.47 Å². The molecule has 0 saturated carbocycles. The first-order valence-electron chi connectivity index (χ1n) is 13.1. The van der Waals surface area contributed by atoms with Crippen molar-refractivity contribution in [3.05, 3.63) is 71.8 Å². The third-order valence-corrected chi connectivity index (χ3v) is 6.69. The minimum atomic E-state index is 0.870. The average molecular weight is 459 g/mol. The monoisotopic (exact) mass is 458 g/mol. The summed E-state index contributed by atoms with van der Waals surface area (Å²) in [6.07, 6.45) is 12.6. The van der Waals surface area contributed by atoms with Crippen LogP contribution in [0, 0.1) is 0 Å². The van der Waals surface area contributed by atoms with Crippen LogP contribution in [0.5, 0.6) is 11.5 Å². The zero-order valence-corrected chi connectivity index (χ0v) is 21.7. The molecule has 0 fully saturated rings. The predicted molar refractivity (Wildman–Crippen MR) is 146 cm³/mol. The summed E-state index contributed by atoms with van der Waals surface area (Å²) >= 11 is 0. The Balaban J connectivity index is 1.79. The van der Waals surface area contributed by atoms with Gasteiger partial charge in [-0.15, -0.1) is 0 Å². The first-order chi connectivity index (χ1) is 16.7. The van der Waals surface area contributed by atoms with E-state index in [0.29, 0.717) is 0 Å². The van der Waals surface area contributed by atoms with Crippen LogP contribution in [-0.2, 0) is 12.8 Å². The van der Waals surface area contributed by atoms with E-state index in [2.05, 4.69) is 74.5 Å². The summed E-state index contributed by atoms with van der Waals surface area (Å²) in [6.45, 7) is 4.51. The minimum Gasteiger partial charge on any atom is -0.496 e. The highest BCUT2D eigenvalue weighted by molar-refractivity contribution is 5.81. The van der Waals surface area contributed by atoms with E-state index in [1.165, 1.54) is 62.5 Å². The summed E-state index contributed by atoms with van der Waals surface area (Å²) < 4.78 is 11.7. The first kappa shape index (κ1) is 25.9. The van der Waals surface area contributed by atoms with Gasteiger partial charge in [0.1, 0.15) is 11.5 Å². The molecule has 0 unspecified atom stereocenters. The Bertz CT molecular complexity index is 904. The maximum atomic E-state index is 5.83. The fourth-order valence-electron chi connectivity index (χ4n) is 4.56. The van der Waals surface area contributed by atoms with Crippen molar-refractivity contribution >= 4 is 0 Å². The van der Waals surface area contributed by atoms with E-state index in [1.54, 1.807) is 14.2 Å². The van der Waals surface area contributed by atoms with E-state index in [4.69, 9.17) is 9.47 Å². The van der Waals surface area contributed by atoms with E-state index in [1.807, 2.05) is 0 Å². The SMILES string of the molecule is CCCCCCc1ccc(-c2cc(OC)c(-c3ccc(CCCCCC)cc3)cc2OC)cc1. The van der Waals surface area contributed by atoms with Crippen molar-refractivity contribution in [2.45, 2.75) is 78.1 Å². The molecule has 0 spiro atoms. The first-order valence-corrected chi connectivity index (χ1v) is 13.1. The number of hydrogen-bond acceptors (Lipinski definition) is 2. The fraction of sp³-hybridized carbons (Fsp3) is 0.438. The number of aryl methyl sites for hydroxylation is 2. The van der Waals surface area contributed by atoms with Crippen LogP contribution in [0.2, 0.25) is 0 Å². The Morgan fingerprint density at radius 2 is 0.882 bits per heavy atom. The highest BCUT2D eigenvalue weighted by atomic mass is 16.5. The molecule has 2 nitrogen and oxygen atoms in total. The molecule has 0 heterocycles. The summed E-state index contributed by atoms with van der Waals surface area (Å²) in [5, 5.41) is 0. The summed E-state index contributed by atoms with van der Waals surface area (Å²) in [5.74, 6) is 1.74. The number of rotatable bonds is 14. The van der Waals surface area contributed by atoms with Crippen molar-refractivity contribution in [3.63, 3.8) is 0 Å². The smallest absolute Gasteiger partial charge is 0.127 e. The Labute approximate surface area is 207 Å². The lowest BCUT2D eigenvalue weighted by Gasteiger charge is -2.16. The molecule has 3 aromatic carbocycles. The van der Waals surface area contributed by atoms with Crippen LogP contribution in [0.1, 0.15) is 76.3 Å². The topological polar surface area (TPSA) is 18.5 Å². The molecule has 2 heteroatoms. The van der Waals surface area contributed by atoms with Crippen LogP contribution in [0.3, 0.4) is 0 Å². The molecular weight excluding hydrogens is 416 g/mol. The van der Waals surface area contributed by atoms with Gasteiger partial charge in [0.15, 0.2) is 0 Å². The van der Waals surface area contributed by atoms with Gasteiger partial charge in [-0.1, -0.05) is 101 Å². The molecule has 0 radical (unpaired) electrons. The van der Waals surface area contributed by atoms with Crippen LogP contribution in [0.25, 0.3) is 22.3 Å². The molecule has 0 atom stereocenters. The number of ether oxygens (including phenoxy) is 2. The third-order valence-electron chi connectivity index (χ3n) is 6.69. The molecule has 182 valence electrons. The molecule has 0 aromatic heterocycles. The Morgan fingerprint density at radius 3 is 1.21 bits per heavy atom. The number of methoxy groups -OCH3 is 2. The zero-order valence-electron chi connectivity index (χ0n) is 21.7. The van der Waals surface area contributed by atoms with Gasteiger partial charge >= 0.3 is 0 Å². The molecule has 34 heavy (non-hydrogen) atoms. The number of hydrogen-bond donors (Lipinski definition) is 0. The maximum Gasteiger partial charge on any atom is 0.127 e. The molecule has 0 aliphatic rings. The quantitative estimate of drug-likeness (QED) is 0.224. The molecule has 0 aliphatic carbocycles. The van der Waals surface area contributed by atoms with Crippen molar-refractivity contribution in [1.82, 2.24) is 0 Å². The van der Waals surface area contributed by atoms with Crippen LogP contribution < -0.4 is 9.47 Å². The van der Waals surface area contributed by atoms with Gasteiger partial charge in [-0.05, 0) is 60.1 Å². The lowest BCUT2D eigenvalue weighted by Crippen LogP contribution is -1.95. The Kier molecular flexibility index (Phi) is 10.5. The van der Waals surface area contributed by atoms with Gasteiger partial charge in [0.25, 0.3) is 0 Å². The molecular formula is C32H42O2. The molecule has 0 bridgehead atoms. The standard InChI is InChI=1S/C32H42O2/c1-5-7-9-11-13-25-15-19-27(20-16-25)29-23-32(34-4)30(24-31(29)33-3)28-21-17-26(18-22-28)14-12-10-8-6-2/h15-24H,5-14H2,1-4H3. The molecule has 3 aromatic rings. The largest absolute Gasteiger partial charge is 0.496 e. The second kappa shape index (κ2) is 13.8. The van der Waals surface area contributed by atoms with Gasteiger partial charge in [-0.3, -0.25) is 0 Å². The molecule has 0 aliphatic heterocycles. The van der Waals surface area contributed by atoms with Crippen LogP contribution in [0.15, 0.2) is 60.7 Å². The lowest BCUT2D eigenvalue weighted by molar-refractivity contribution is 0.406. The minimum absolute atomic E-state index is 0.870. The van der Waals surface area contributed by atoms with E-state index < -0.39 is 0 Å². The molecule has 0 amide bonds. The second-order valence-electron chi connectivity index (χ2n) is 9.27. The van der Waals surface area contributed by atoms with Crippen molar-refractivity contribution in [1.29, 1.82) is 0 Å². The van der Waals surface area contributed by atoms with Crippen LogP contribution >= 0.6 is 0 Å². The average Bonchev–Trinajstić information content (AvgIpc) is 2.89. The molecule has 3 rings (SSSR count). The lowest BCUT2D eigenvalue weighted by atomic mass is 9.95. The van der Waals surface area contributed by atoms with Crippen molar-refractivity contribution < 1.29 is 9.47 Å². The zero-order chi connectivity index (χ0) is 24.2. The van der Waals surface area contributed by atoms with Crippen molar-refractivity contribution in [2.75, 3.05) is 14.2 Å². The summed E-state index contributed by atoms with van der Waals surface area (Å²) in [7, 11) is 3.49. The molecule has 0 N–H and O–H groups in total. The maximum absolute atomic E-state index is 5.83. The number of benzene rings is 3. The highest BCUT2D eigenvalue weighted by Crippen LogP contribution is 2.41. The Hall–Kier alpha value is -2.74. The van der Waals surface area contributed by atoms with E-state index in [-0.39, 0.29) is 0 Å². The van der Waals surface area contributed by atoms with Gasteiger partial charge in [0.2, 0.25) is 0 Å². The van der Waals surface area contributed by atoms with Crippen LogP contribution in [0.4, 0.5) is 0 Å². The Morgan fingerprint density at radius 1 is 0.500 bits per heavy atom. The van der Waals surface area contributed by atoms with Crippen molar-refractivity contribution in [2.24, 2.45) is 0 Å². The van der Waals surface area contributed by atoms with Crippen molar-refractivity contribution in [3.8, 4) is 33.8 Å². The summed E-state index contributed by atoms with van der Waals surface area (Å²) in [5.41, 5.74) is 7.23. The van der Waals surface area contributed by atoms with Gasteiger partial charge in [0.05, 0.1) is 14.2 Å². The third kappa shape index (κ3) is 7.13. The van der Waals surface area contributed by atoms with E-state index in [0.717, 1.165) is 46.6 Å². The second-order valence-corrected chi connectivity index (χ2v) is 9.27. The van der Waals surface area contributed by atoms with Gasteiger partial charge in [0, 0.05) is 11.1 Å². The van der Waals surface area contributed by atoms with E-state index >= 15 is 0 Å². The number of unbranched alkanes of at least 4 members (excludes halogenated alkanes) is 6. The van der Waals surface area contributed by atoms with Gasteiger partial charge in [-0.2, -0.15) is 0 Å². The van der Waals surface area contributed by atoms with E-state index in [9.17, 15) is 0 Å². The molecule has 0 saturated heterocycles. The normalized spacial score (nSPS) is 10.9. The fourth-order valence-corrected chi connectivity index (χ4v) is 4.56. The summed E-state index contributed by atoms with van der Waals surface area (Å²) in [6, 6.07) is 22.1. The summed E-state index contributed by atoms with van der Waals surface area (Å²) in [4.78, 5) is 0. The van der Waals surface area contributed by atoms with Crippen LogP contribution in [-0.4, -0.2) is 14.2 Å².